The molecule has 4 unspecified atom stereocenters. The first-order valence-corrected chi connectivity index (χ1v) is 6.81. The van der Waals surface area contributed by atoms with Gasteiger partial charge in [0.1, 0.15) is 0 Å². The van der Waals surface area contributed by atoms with Gasteiger partial charge in [0, 0.05) is 6.54 Å². The van der Waals surface area contributed by atoms with Crippen molar-refractivity contribution in [1.82, 2.24) is 5.32 Å². The zero-order valence-electron chi connectivity index (χ0n) is 10.7. The van der Waals surface area contributed by atoms with E-state index in [0.29, 0.717) is 6.54 Å². The van der Waals surface area contributed by atoms with Crippen LogP contribution in [0.3, 0.4) is 0 Å². The van der Waals surface area contributed by atoms with Crippen LogP contribution in [0.25, 0.3) is 0 Å². The molecule has 2 rings (SSSR count). The van der Waals surface area contributed by atoms with Crippen LogP contribution in [0.15, 0.2) is 0 Å². The molecule has 0 aromatic carbocycles. The molecule has 5 nitrogen and oxygen atoms in total. The third kappa shape index (κ3) is 2.51. The van der Waals surface area contributed by atoms with Crippen molar-refractivity contribution in [1.29, 1.82) is 0 Å². The van der Waals surface area contributed by atoms with Crippen LogP contribution in [-0.4, -0.2) is 35.7 Å². The summed E-state index contributed by atoms with van der Waals surface area (Å²) < 4.78 is 5.57. The lowest BCUT2D eigenvalue weighted by atomic mass is 9.78. The Morgan fingerprint density at radius 3 is 2.50 bits per heavy atom. The maximum Gasteiger partial charge on any atom is 0.310 e. The normalized spacial score (nSPS) is 33.6. The Morgan fingerprint density at radius 1 is 1.22 bits per heavy atom. The zero-order valence-corrected chi connectivity index (χ0v) is 10.7. The van der Waals surface area contributed by atoms with Crippen molar-refractivity contribution in [2.45, 2.75) is 51.2 Å². The highest BCUT2D eigenvalue weighted by molar-refractivity contribution is 5.86. The van der Waals surface area contributed by atoms with Crippen LogP contribution >= 0.6 is 0 Å². The average Bonchev–Trinajstić information content (AvgIpc) is 2.94. The van der Waals surface area contributed by atoms with Gasteiger partial charge in [-0.3, -0.25) is 9.59 Å². The SMILES string of the molecule is CCCCCNC(=O)C1C2CCC(O2)C1C(=O)O. The third-order valence-electron chi connectivity index (χ3n) is 3.94. The summed E-state index contributed by atoms with van der Waals surface area (Å²) in [7, 11) is 0. The highest BCUT2D eigenvalue weighted by Gasteiger charge is 2.55. The molecule has 2 heterocycles. The number of carbonyl (C=O) groups excluding carboxylic acids is 1. The number of rotatable bonds is 6. The van der Waals surface area contributed by atoms with Crippen molar-refractivity contribution < 1.29 is 19.4 Å². The monoisotopic (exact) mass is 255 g/mol. The first-order chi connectivity index (χ1) is 8.65. The minimum absolute atomic E-state index is 0.147. The molecule has 4 atom stereocenters. The maximum atomic E-state index is 12.1. The third-order valence-corrected chi connectivity index (χ3v) is 3.94. The molecule has 0 radical (unpaired) electrons. The van der Waals surface area contributed by atoms with Crippen LogP contribution < -0.4 is 5.32 Å². The van der Waals surface area contributed by atoms with E-state index >= 15 is 0 Å². The number of carboxylic acid groups (broad SMARTS) is 1. The van der Waals surface area contributed by atoms with Gasteiger partial charge >= 0.3 is 5.97 Å². The van der Waals surface area contributed by atoms with E-state index in [1.807, 2.05) is 0 Å². The number of carboxylic acids is 1. The number of nitrogens with one attached hydrogen (secondary N) is 1. The summed E-state index contributed by atoms with van der Waals surface area (Å²) in [5.41, 5.74) is 0. The van der Waals surface area contributed by atoms with Crippen LogP contribution in [0.1, 0.15) is 39.0 Å². The zero-order chi connectivity index (χ0) is 13.1. The van der Waals surface area contributed by atoms with Crippen molar-refractivity contribution >= 4 is 11.9 Å². The Morgan fingerprint density at radius 2 is 1.89 bits per heavy atom. The summed E-state index contributed by atoms with van der Waals surface area (Å²) in [6.07, 6.45) is 4.24. The summed E-state index contributed by atoms with van der Waals surface area (Å²) in [4.78, 5) is 23.3. The summed E-state index contributed by atoms with van der Waals surface area (Å²) in [6.45, 7) is 2.74. The highest BCUT2D eigenvalue weighted by atomic mass is 16.5. The number of carbonyl (C=O) groups is 2. The summed E-state index contributed by atoms with van der Waals surface area (Å²) in [5, 5.41) is 12.1. The van der Waals surface area contributed by atoms with Gasteiger partial charge in [0.05, 0.1) is 24.0 Å². The fourth-order valence-electron chi connectivity index (χ4n) is 3.03. The number of fused-ring (bicyclic) bond motifs is 2. The fraction of sp³-hybridized carbons (Fsp3) is 0.846. The molecule has 0 spiro atoms. The maximum absolute atomic E-state index is 12.1. The average molecular weight is 255 g/mol. The molecule has 2 aliphatic rings. The lowest BCUT2D eigenvalue weighted by Gasteiger charge is -2.23. The molecular weight excluding hydrogens is 234 g/mol. The number of aliphatic carboxylic acids is 1. The second-order valence-corrected chi connectivity index (χ2v) is 5.18. The van der Waals surface area contributed by atoms with Gasteiger partial charge in [-0.2, -0.15) is 0 Å². The molecule has 0 aromatic rings. The molecule has 2 fully saturated rings. The first kappa shape index (κ1) is 13.3. The molecule has 1 amide bonds. The minimum atomic E-state index is -0.907. The molecule has 0 aliphatic carbocycles. The van der Waals surface area contributed by atoms with Crippen LogP contribution in [0.2, 0.25) is 0 Å². The Balaban J connectivity index is 1.90. The van der Waals surface area contributed by atoms with Crippen molar-refractivity contribution in [2.75, 3.05) is 6.54 Å². The lowest BCUT2D eigenvalue weighted by molar-refractivity contribution is -0.147. The molecule has 2 bridgehead atoms. The lowest BCUT2D eigenvalue weighted by Crippen LogP contribution is -2.44. The van der Waals surface area contributed by atoms with E-state index in [1.165, 1.54) is 0 Å². The largest absolute Gasteiger partial charge is 0.481 e. The number of hydrogen-bond acceptors (Lipinski definition) is 3. The van der Waals surface area contributed by atoms with E-state index < -0.39 is 17.8 Å². The van der Waals surface area contributed by atoms with E-state index in [1.54, 1.807) is 0 Å². The quantitative estimate of drug-likeness (QED) is 0.699. The fourth-order valence-corrected chi connectivity index (χ4v) is 3.03. The Bertz CT molecular complexity index is 331. The first-order valence-electron chi connectivity index (χ1n) is 6.81. The Labute approximate surface area is 107 Å². The highest BCUT2D eigenvalue weighted by Crippen LogP contribution is 2.43. The van der Waals surface area contributed by atoms with Crippen molar-refractivity contribution in [3.63, 3.8) is 0 Å². The van der Waals surface area contributed by atoms with Crippen molar-refractivity contribution in [2.24, 2.45) is 11.8 Å². The summed E-state index contributed by atoms with van der Waals surface area (Å²) in [5.74, 6) is -2.21. The van der Waals surface area contributed by atoms with Gasteiger partial charge in [0.2, 0.25) is 5.91 Å². The van der Waals surface area contributed by atoms with E-state index in [4.69, 9.17) is 4.74 Å². The predicted molar refractivity (Wildman–Crippen MR) is 65.0 cm³/mol. The van der Waals surface area contributed by atoms with E-state index in [2.05, 4.69) is 12.2 Å². The standard InChI is InChI=1S/C13H21NO4/c1-2-3-4-7-14-12(15)10-8-5-6-9(18-8)11(10)13(16)17/h8-11H,2-7H2,1H3,(H,14,15)(H,16,17). The smallest absolute Gasteiger partial charge is 0.310 e. The molecule has 18 heavy (non-hydrogen) atoms. The number of hydrogen-bond donors (Lipinski definition) is 2. The van der Waals surface area contributed by atoms with Crippen molar-refractivity contribution in [3.05, 3.63) is 0 Å². The van der Waals surface area contributed by atoms with Gasteiger partial charge in [0.25, 0.3) is 0 Å². The van der Waals surface area contributed by atoms with Gasteiger partial charge in [-0.15, -0.1) is 0 Å². The molecule has 102 valence electrons. The molecule has 2 N–H and O–H groups in total. The van der Waals surface area contributed by atoms with Gasteiger partial charge < -0.3 is 15.2 Å². The minimum Gasteiger partial charge on any atom is -0.481 e. The van der Waals surface area contributed by atoms with Gasteiger partial charge in [-0.1, -0.05) is 19.8 Å². The number of unbranched alkanes of at least 4 members (excludes halogenated alkanes) is 2. The van der Waals surface area contributed by atoms with Crippen LogP contribution in [0, 0.1) is 11.8 Å². The molecule has 0 saturated carbocycles. The van der Waals surface area contributed by atoms with E-state index in [-0.39, 0.29) is 18.1 Å². The van der Waals surface area contributed by atoms with E-state index in [0.717, 1.165) is 32.1 Å². The second kappa shape index (κ2) is 5.69. The summed E-state index contributed by atoms with van der Waals surface area (Å²) in [6, 6.07) is 0. The van der Waals surface area contributed by atoms with Crippen LogP contribution in [-0.2, 0) is 14.3 Å². The Hall–Kier alpha value is -1.10. The Kier molecular flexibility index (Phi) is 4.22. The van der Waals surface area contributed by atoms with Crippen LogP contribution in [0.4, 0.5) is 0 Å². The van der Waals surface area contributed by atoms with Crippen molar-refractivity contribution in [3.8, 4) is 0 Å². The van der Waals surface area contributed by atoms with E-state index in [9.17, 15) is 14.7 Å². The topological polar surface area (TPSA) is 75.6 Å². The molecular formula is C13H21NO4. The number of ether oxygens (including phenoxy) is 1. The van der Waals surface area contributed by atoms with Gasteiger partial charge in [-0.25, -0.2) is 0 Å². The summed E-state index contributed by atoms with van der Waals surface area (Å²) >= 11 is 0. The van der Waals surface area contributed by atoms with Gasteiger partial charge in [0.15, 0.2) is 0 Å². The molecule has 5 heteroatoms. The van der Waals surface area contributed by atoms with Crippen LogP contribution in [0.5, 0.6) is 0 Å². The molecule has 2 aliphatic heterocycles. The number of amides is 1. The predicted octanol–water partition coefficient (Wildman–Crippen LogP) is 1.17. The molecule has 2 saturated heterocycles. The molecule has 0 aromatic heterocycles. The van der Waals surface area contributed by atoms with Gasteiger partial charge in [-0.05, 0) is 19.3 Å². The second-order valence-electron chi connectivity index (χ2n) is 5.18.